The maximum Gasteiger partial charge on any atom is 0.287 e. The van der Waals surface area contributed by atoms with E-state index in [0.29, 0.717) is 5.02 Å². The molecule has 0 aromatic heterocycles. The van der Waals surface area contributed by atoms with Gasteiger partial charge in [0.2, 0.25) is 0 Å². The maximum absolute atomic E-state index is 13.2. The summed E-state index contributed by atoms with van der Waals surface area (Å²) in [6, 6.07) is 23.5. The summed E-state index contributed by atoms with van der Waals surface area (Å²) in [6.45, 7) is 6.13. The Morgan fingerprint density at radius 3 is 2.29 bits per heavy atom. The Hall–Kier alpha value is -2.62. The maximum atomic E-state index is 13.2. The summed E-state index contributed by atoms with van der Waals surface area (Å²) in [7, 11) is 0. The second-order valence-electron chi connectivity index (χ2n) is 7.23. The van der Waals surface area contributed by atoms with Crippen molar-refractivity contribution >= 4 is 23.2 Å². The van der Waals surface area contributed by atoms with Crippen molar-refractivity contribution in [3.63, 3.8) is 0 Å². The molecular weight excluding hydrogens is 368 g/mol. The zero-order valence-electron chi connectivity index (χ0n) is 16.4. The number of hydrogen-bond acceptors (Lipinski definition) is 1. The number of anilines is 1. The first kappa shape index (κ1) is 20.1. The van der Waals surface area contributed by atoms with Gasteiger partial charge in [-0.15, -0.1) is 0 Å². The van der Waals surface area contributed by atoms with E-state index in [9.17, 15) is 4.79 Å². The van der Waals surface area contributed by atoms with Crippen LogP contribution in [-0.4, -0.2) is 5.91 Å². The SMILES string of the molecule is Cc1ccc(C)c(NC(=O)[C@@H]([NH2+][C@@H](C)c2ccc(Cl)cc2)c2ccccc2)c1. The summed E-state index contributed by atoms with van der Waals surface area (Å²) < 4.78 is 0. The van der Waals surface area contributed by atoms with E-state index < -0.39 is 0 Å². The molecular formula is C24H26ClN2O+. The minimum Gasteiger partial charge on any atom is -0.326 e. The number of hydrogen-bond donors (Lipinski definition) is 2. The number of rotatable bonds is 6. The number of nitrogens with two attached hydrogens (primary N) is 1. The number of carbonyl (C=O) groups is 1. The number of aryl methyl sites for hydroxylation is 2. The summed E-state index contributed by atoms with van der Waals surface area (Å²) in [6.07, 6.45) is 0. The van der Waals surface area contributed by atoms with Crippen LogP contribution in [0.4, 0.5) is 5.69 Å². The molecule has 0 unspecified atom stereocenters. The molecule has 3 nitrogen and oxygen atoms in total. The van der Waals surface area contributed by atoms with Gasteiger partial charge in [0.05, 0.1) is 0 Å². The van der Waals surface area contributed by atoms with Crippen LogP contribution in [-0.2, 0) is 4.79 Å². The second-order valence-corrected chi connectivity index (χ2v) is 7.67. The number of benzene rings is 3. The molecule has 0 spiro atoms. The van der Waals surface area contributed by atoms with Crippen LogP contribution in [0.3, 0.4) is 0 Å². The molecule has 2 atom stereocenters. The molecule has 3 aromatic carbocycles. The summed E-state index contributed by atoms with van der Waals surface area (Å²) in [5.41, 5.74) is 5.14. The Labute approximate surface area is 171 Å². The van der Waals surface area contributed by atoms with E-state index in [1.165, 1.54) is 0 Å². The molecule has 4 heteroatoms. The molecule has 0 bridgehead atoms. The fourth-order valence-corrected chi connectivity index (χ4v) is 3.38. The second kappa shape index (κ2) is 9.05. The molecule has 0 saturated heterocycles. The van der Waals surface area contributed by atoms with Crippen molar-refractivity contribution in [1.82, 2.24) is 0 Å². The Morgan fingerprint density at radius 2 is 1.61 bits per heavy atom. The minimum absolute atomic E-state index is 0.0271. The fraction of sp³-hybridized carbons (Fsp3) is 0.208. The van der Waals surface area contributed by atoms with Crippen LogP contribution < -0.4 is 10.6 Å². The van der Waals surface area contributed by atoms with Crippen LogP contribution in [0.15, 0.2) is 72.8 Å². The van der Waals surface area contributed by atoms with E-state index in [2.05, 4.69) is 23.6 Å². The molecule has 144 valence electrons. The summed E-state index contributed by atoms with van der Waals surface area (Å²) in [5.74, 6) is -0.0271. The van der Waals surface area contributed by atoms with Crippen molar-refractivity contribution in [2.45, 2.75) is 32.9 Å². The molecule has 0 fully saturated rings. The van der Waals surface area contributed by atoms with Crippen molar-refractivity contribution in [1.29, 1.82) is 0 Å². The molecule has 0 aliphatic carbocycles. The van der Waals surface area contributed by atoms with Gasteiger partial charge in [0, 0.05) is 21.8 Å². The Bertz CT molecular complexity index is 939. The molecule has 3 N–H and O–H groups in total. The third-order valence-electron chi connectivity index (χ3n) is 4.97. The van der Waals surface area contributed by atoms with Crippen molar-refractivity contribution in [2.24, 2.45) is 0 Å². The average Bonchev–Trinajstić information content (AvgIpc) is 2.70. The zero-order chi connectivity index (χ0) is 20.1. The van der Waals surface area contributed by atoms with Gasteiger partial charge in [0.1, 0.15) is 6.04 Å². The normalized spacial score (nSPS) is 13.0. The predicted octanol–water partition coefficient (Wildman–Crippen LogP) is 4.96. The number of quaternary nitrogens is 1. The van der Waals surface area contributed by atoms with E-state index in [1.807, 2.05) is 80.6 Å². The summed E-state index contributed by atoms with van der Waals surface area (Å²) in [4.78, 5) is 13.2. The Kier molecular flexibility index (Phi) is 6.50. The summed E-state index contributed by atoms with van der Waals surface area (Å²) >= 11 is 6.01. The lowest BCUT2D eigenvalue weighted by Gasteiger charge is -2.21. The highest BCUT2D eigenvalue weighted by Gasteiger charge is 2.27. The lowest BCUT2D eigenvalue weighted by atomic mass is 10.0. The summed E-state index contributed by atoms with van der Waals surface area (Å²) in [5, 5.41) is 5.93. The average molecular weight is 394 g/mol. The van der Waals surface area contributed by atoms with Gasteiger partial charge >= 0.3 is 0 Å². The Morgan fingerprint density at radius 1 is 0.929 bits per heavy atom. The van der Waals surface area contributed by atoms with Crippen molar-refractivity contribution in [3.8, 4) is 0 Å². The van der Waals surface area contributed by atoms with Gasteiger partial charge in [-0.2, -0.15) is 0 Å². The molecule has 28 heavy (non-hydrogen) atoms. The van der Waals surface area contributed by atoms with Gasteiger partial charge < -0.3 is 10.6 Å². The molecule has 0 heterocycles. The first-order valence-electron chi connectivity index (χ1n) is 9.47. The topological polar surface area (TPSA) is 45.7 Å². The number of carbonyl (C=O) groups excluding carboxylic acids is 1. The lowest BCUT2D eigenvalue weighted by Crippen LogP contribution is -2.87. The number of halogens is 1. The largest absolute Gasteiger partial charge is 0.326 e. The van der Waals surface area contributed by atoms with Crippen LogP contribution in [0.5, 0.6) is 0 Å². The van der Waals surface area contributed by atoms with Gasteiger partial charge in [-0.25, -0.2) is 0 Å². The fourth-order valence-electron chi connectivity index (χ4n) is 3.26. The van der Waals surface area contributed by atoms with Crippen molar-refractivity contribution in [2.75, 3.05) is 5.32 Å². The molecule has 0 saturated carbocycles. The first-order valence-corrected chi connectivity index (χ1v) is 9.85. The molecule has 3 aromatic rings. The van der Waals surface area contributed by atoms with E-state index in [1.54, 1.807) is 0 Å². The predicted molar refractivity (Wildman–Crippen MR) is 116 cm³/mol. The van der Waals surface area contributed by atoms with Crippen LogP contribution in [0.1, 0.15) is 41.3 Å². The third-order valence-corrected chi connectivity index (χ3v) is 5.22. The van der Waals surface area contributed by atoms with Crippen LogP contribution >= 0.6 is 11.6 Å². The standard InChI is InChI=1S/C24H25ClN2O/c1-16-9-10-17(2)22(15-16)27-24(28)23(20-7-5-4-6-8-20)26-18(3)19-11-13-21(25)14-12-19/h4-15,18,23,26H,1-3H3,(H,27,28)/p+1/t18-,23-/m0/s1. The first-order chi connectivity index (χ1) is 13.4. The van der Waals surface area contributed by atoms with Gasteiger partial charge in [-0.05, 0) is 50.1 Å². The van der Waals surface area contributed by atoms with Gasteiger partial charge in [0.25, 0.3) is 5.91 Å². The number of amides is 1. The highest BCUT2D eigenvalue weighted by Crippen LogP contribution is 2.20. The van der Waals surface area contributed by atoms with E-state index in [0.717, 1.165) is 27.9 Å². The van der Waals surface area contributed by atoms with E-state index in [-0.39, 0.29) is 18.0 Å². The smallest absolute Gasteiger partial charge is 0.287 e. The molecule has 3 rings (SSSR count). The minimum atomic E-state index is -0.355. The zero-order valence-corrected chi connectivity index (χ0v) is 17.2. The molecule has 1 amide bonds. The monoisotopic (exact) mass is 393 g/mol. The highest BCUT2D eigenvalue weighted by molar-refractivity contribution is 6.30. The van der Waals surface area contributed by atoms with Crippen LogP contribution in [0.25, 0.3) is 0 Å². The number of nitrogens with one attached hydrogen (secondary N) is 1. The quantitative estimate of drug-likeness (QED) is 0.610. The van der Waals surface area contributed by atoms with Gasteiger partial charge in [-0.3, -0.25) is 4.79 Å². The van der Waals surface area contributed by atoms with Crippen LogP contribution in [0.2, 0.25) is 5.02 Å². The molecule has 0 aliphatic rings. The van der Waals surface area contributed by atoms with Gasteiger partial charge in [0.15, 0.2) is 6.04 Å². The van der Waals surface area contributed by atoms with E-state index >= 15 is 0 Å². The Balaban J connectivity index is 1.85. The van der Waals surface area contributed by atoms with Crippen molar-refractivity contribution < 1.29 is 10.1 Å². The van der Waals surface area contributed by atoms with Crippen molar-refractivity contribution in [3.05, 3.63) is 100 Å². The third kappa shape index (κ3) is 5.00. The van der Waals surface area contributed by atoms with E-state index in [4.69, 9.17) is 11.6 Å². The molecule has 0 aliphatic heterocycles. The van der Waals surface area contributed by atoms with Crippen LogP contribution in [0, 0.1) is 13.8 Å². The molecule has 0 radical (unpaired) electrons. The highest BCUT2D eigenvalue weighted by atomic mass is 35.5. The van der Waals surface area contributed by atoms with Gasteiger partial charge in [-0.1, -0.05) is 66.2 Å². The lowest BCUT2D eigenvalue weighted by molar-refractivity contribution is -0.718.